The summed E-state index contributed by atoms with van der Waals surface area (Å²) in [5.74, 6) is 0.808. The molecule has 0 atom stereocenters. The molecule has 0 spiro atoms. The van der Waals surface area contributed by atoms with Gasteiger partial charge in [-0.05, 0) is 42.5 Å². The third-order valence-electron chi connectivity index (χ3n) is 6.89. The standard InChI is InChI=1S/C27H22N8OS/c36-27(15-3-1-2-4-15)31-18-9-17(11-28-12-18)21-10-19-22(13-30-21)34-35-24(19)26-32-20-5-7-29-23(25(20)33-26)16-6-8-37-14-16/h5-15H,1-4H2,(H,31,36)(H,32,33)(H,34,35). The van der Waals surface area contributed by atoms with Crippen LogP contribution in [0.2, 0.25) is 0 Å². The predicted octanol–water partition coefficient (Wildman–Crippen LogP) is 5.82. The molecule has 3 N–H and O–H groups in total. The number of carbonyl (C=O) groups excluding carboxylic acids is 1. The molecule has 1 saturated carbocycles. The number of thiophene rings is 1. The van der Waals surface area contributed by atoms with Crippen molar-refractivity contribution < 1.29 is 4.79 Å². The Morgan fingerprint density at radius 2 is 1.92 bits per heavy atom. The van der Waals surface area contributed by atoms with Gasteiger partial charge in [-0.3, -0.25) is 24.8 Å². The molecular formula is C27H22N8OS. The van der Waals surface area contributed by atoms with E-state index in [0.717, 1.165) is 70.1 Å². The molecule has 6 aromatic heterocycles. The van der Waals surface area contributed by atoms with Crippen LogP contribution in [-0.4, -0.2) is 41.0 Å². The van der Waals surface area contributed by atoms with Crippen molar-refractivity contribution >= 4 is 44.9 Å². The maximum atomic E-state index is 12.6. The fourth-order valence-corrected chi connectivity index (χ4v) is 5.63. The van der Waals surface area contributed by atoms with Gasteiger partial charge in [0.1, 0.15) is 11.2 Å². The lowest BCUT2D eigenvalue weighted by Gasteiger charge is -2.11. The van der Waals surface area contributed by atoms with Gasteiger partial charge < -0.3 is 10.3 Å². The molecule has 1 amide bonds. The molecule has 0 aromatic carbocycles. The number of rotatable bonds is 5. The number of imidazole rings is 1. The van der Waals surface area contributed by atoms with Crippen LogP contribution in [0.1, 0.15) is 25.7 Å². The Labute approximate surface area is 215 Å². The first kappa shape index (κ1) is 21.8. The molecule has 1 aliphatic carbocycles. The van der Waals surface area contributed by atoms with Crippen LogP contribution in [-0.2, 0) is 4.79 Å². The quantitative estimate of drug-likeness (QED) is 0.271. The van der Waals surface area contributed by atoms with E-state index in [1.165, 1.54) is 0 Å². The molecule has 1 fully saturated rings. The fourth-order valence-electron chi connectivity index (χ4n) is 4.99. The van der Waals surface area contributed by atoms with E-state index < -0.39 is 0 Å². The van der Waals surface area contributed by atoms with Crippen molar-refractivity contribution in [1.82, 2.24) is 35.1 Å². The monoisotopic (exact) mass is 506 g/mol. The Balaban J connectivity index is 1.25. The second-order valence-electron chi connectivity index (χ2n) is 9.27. The molecule has 0 aliphatic heterocycles. The smallest absolute Gasteiger partial charge is 0.227 e. The lowest BCUT2D eigenvalue weighted by Crippen LogP contribution is -2.20. The maximum Gasteiger partial charge on any atom is 0.227 e. The van der Waals surface area contributed by atoms with E-state index in [2.05, 4.69) is 40.8 Å². The van der Waals surface area contributed by atoms with Gasteiger partial charge in [0.2, 0.25) is 5.91 Å². The molecule has 6 heterocycles. The Morgan fingerprint density at radius 3 is 2.78 bits per heavy atom. The first-order valence-electron chi connectivity index (χ1n) is 12.2. The van der Waals surface area contributed by atoms with Gasteiger partial charge in [-0.1, -0.05) is 12.8 Å². The minimum atomic E-state index is 0.0678. The third kappa shape index (κ3) is 3.95. The van der Waals surface area contributed by atoms with Crippen molar-refractivity contribution in [2.45, 2.75) is 25.7 Å². The van der Waals surface area contributed by atoms with Crippen molar-refractivity contribution in [3.05, 3.63) is 59.8 Å². The van der Waals surface area contributed by atoms with Crippen LogP contribution in [0.15, 0.2) is 59.8 Å². The highest BCUT2D eigenvalue weighted by molar-refractivity contribution is 7.08. The van der Waals surface area contributed by atoms with E-state index >= 15 is 0 Å². The molecule has 7 rings (SSSR count). The largest absolute Gasteiger partial charge is 0.336 e. The number of fused-ring (bicyclic) bond motifs is 2. The number of hydrogen-bond donors (Lipinski definition) is 3. The number of H-pyrrole nitrogens is 2. The summed E-state index contributed by atoms with van der Waals surface area (Å²) in [5, 5.41) is 15.6. The second-order valence-corrected chi connectivity index (χ2v) is 10.1. The van der Waals surface area contributed by atoms with Crippen LogP contribution in [0.4, 0.5) is 5.69 Å². The Hall–Kier alpha value is -4.44. The number of aromatic nitrogens is 7. The lowest BCUT2D eigenvalue weighted by molar-refractivity contribution is -0.119. The van der Waals surface area contributed by atoms with Crippen LogP contribution in [0.3, 0.4) is 0 Å². The zero-order valence-electron chi connectivity index (χ0n) is 19.7. The first-order valence-corrected chi connectivity index (χ1v) is 13.2. The highest BCUT2D eigenvalue weighted by Crippen LogP contribution is 2.32. The van der Waals surface area contributed by atoms with Gasteiger partial charge in [0.25, 0.3) is 0 Å². The zero-order chi connectivity index (χ0) is 24.8. The van der Waals surface area contributed by atoms with Gasteiger partial charge in [0, 0.05) is 40.2 Å². The number of nitrogens with zero attached hydrogens (tertiary/aromatic N) is 5. The summed E-state index contributed by atoms with van der Waals surface area (Å²) in [7, 11) is 0. The number of aromatic amines is 2. The predicted molar refractivity (Wildman–Crippen MR) is 144 cm³/mol. The number of carbonyl (C=O) groups is 1. The van der Waals surface area contributed by atoms with E-state index in [-0.39, 0.29) is 11.8 Å². The van der Waals surface area contributed by atoms with Crippen LogP contribution in [0.5, 0.6) is 0 Å². The summed E-state index contributed by atoms with van der Waals surface area (Å²) >= 11 is 1.63. The Bertz CT molecular complexity index is 1750. The zero-order valence-corrected chi connectivity index (χ0v) is 20.5. The molecule has 9 nitrogen and oxygen atoms in total. The van der Waals surface area contributed by atoms with Gasteiger partial charge in [-0.25, -0.2) is 4.98 Å². The molecule has 0 bridgehead atoms. The van der Waals surface area contributed by atoms with Crippen LogP contribution >= 0.6 is 11.3 Å². The van der Waals surface area contributed by atoms with E-state index in [1.807, 2.05) is 29.6 Å². The topological polar surface area (TPSA) is 125 Å². The molecule has 0 unspecified atom stereocenters. The van der Waals surface area contributed by atoms with Gasteiger partial charge in [0.05, 0.1) is 40.5 Å². The average molecular weight is 507 g/mol. The number of nitrogens with one attached hydrogen (secondary N) is 3. The van der Waals surface area contributed by atoms with Crippen molar-refractivity contribution in [3.63, 3.8) is 0 Å². The van der Waals surface area contributed by atoms with Crippen LogP contribution in [0, 0.1) is 5.92 Å². The maximum absolute atomic E-state index is 12.6. The van der Waals surface area contributed by atoms with Crippen molar-refractivity contribution in [2.75, 3.05) is 5.32 Å². The van der Waals surface area contributed by atoms with Crippen molar-refractivity contribution in [2.24, 2.45) is 5.92 Å². The van der Waals surface area contributed by atoms with E-state index in [4.69, 9.17) is 4.98 Å². The molecule has 10 heteroatoms. The first-order chi connectivity index (χ1) is 18.2. The van der Waals surface area contributed by atoms with E-state index in [1.54, 1.807) is 36.1 Å². The molecule has 0 saturated heterocycles. The number of amides is 1. The highest BCUT2D eigenvalue weighted by Gasteiger charge is 2.23. The van der Waals surface area contributed by atoms with E-state index in [9.17, 15) is 4.79 Å². The van der Waals surface area contributed by atoms with Crippen molar-refractivity contribution in [1.29, 1.82) is 0 Å². The molecular weight excluding hydrogens is 484 g/mol. The van der Waals surface area contributed by atoms with Crippen LogP contribution in [0.25, 0.3) is 56.0 Å². The second kappa shape index (κ2) is 8.90. The molecule has 6 aromatic rings. The normalized spacial score (nSPS) is 14.1. The fraction of sp³-hybridized carbons (Fsp3) is 0.185. The summed E-state index contributed by atoms with van der Waals surface area (Å²) in [6, 6.07) is 7.84. The summed E-state index contributed by atoms with van der Waals surface area (Å²) in [6.45, 7) is 0. The summed E-state index contributed by atoms with van der Waals surface area (Å²) in [4.78, 5) is 34.4. The number of pyridine rings is 3. The minimum absolute atomic E-state index is 0.0678. The summed E-state index contributed by atoms with van der Waals surface area (Å²) in [6.07, 6.45) is 11.1. The summed E-state index contributed by atoms with van der Waals surface area (Å²) < 4.78 is 0. The van der Waals surface area contributed by atoms with Crippen molar-refractivity contribution in [3.8, 4) is 34.0 Å². The molecule has 0 radical (unpaired) electrons. The van der Waals surface area contributed by atoms with Gasteiger partial charge in [-0.2, -0.15) is 16.4 Å². The SMILES string of the molecule is O=C(Nc1cncc(-c2cc3c(-c4nc5c(-c6ccsc6)nccc5[nH]4)n[nH]c3cn2)c1)C1CCCC1. The minimum Gasteiger partial charge on any atom is -0.336 e. The van der Waals surface area contributed by atoms with Gasteiger partial charge in [-0.15, -0.1) is 0 Å². The molecule has 1 aliphatic rings. The third-order valence-corrected chi connectivity index (χ3v) is 7.58. The summed E-state index contributed by atoms with van der Waals surface area (Å²) in [5.41, 5.74) is 7.30. The number of hydrogen-bond acceptors (Lipinski definition) is 7. The number of anilines is 1. The van der Waals surface area contributed by atoms with Crippen LogP contribution < -0.4 is 5.32 Å². The van der Waals surface area contributed by atoms with E-state index in [0.29, 0.717) is 17.2 Å². The molecule has 182 valence electrons. The highest BCUT2D eigenvalue weighted by atomic mass is 32.1. The van der Waals surface area contributed by atoms with Gasteiger partial charge >= 0.3 is 0 Å². The van der Waals surface area contributed by atoms with Gasteiger partial charge in [0.15, 0.2) is 5.82 Å². The Kier molecular flexibility index (Phi) is 5.24. The average Bonchev–Trinajstić information content (AvgIpc) is 3.74. The Morgan fingerprint density at radius 1 is 1.00 bits per heavy atom. The molecule has 37 heavy (non-hydrogen) atoms. The lowest BCUT2D eigenvalue weighted by atomic mass is 10.1.